The highest BCUT2D eigenvalue weighted by Crippen LogP contribution is 2.29. The van der Waals surface area contributed by atoms with Gasteiger partial charge in [0.1, 0.15) is 5.82 Å². The highest BCUT2D eigenvalue weighted by molar-refractivity contribution is 7.89. The molecular weight excluding hydrogens is 455 g/mol. The second-order valence-corrected chi connectivity index (χ2v) is 9.66. The summed E-state index contributed by atoms with van der Waals surface area (Å²) in [6.45, 7) is 2.95. The molecule has 1 saturated heterocycles. The summed E-state index contributed by atoms with van der Waals surface area (Å²) >= 11 is 0. The van der Waals surface area contributed by atoms with Gasteiger partial charge in [-0.15, -0.1) is 0 Å². The topological polar surface area (TPSA) is 139 Å². The van der Waals surface area contributed by atoms with Crippen LogP contribution >= 0.6 is 0 Å². The number of piperidine rings is 1. The number of nitrogens with one attached hydrogen (secondary N) is 2. The van der Waals surface area contributed by atoms with Gasteiger partial charge in [-0.25, -0.2) is 12.8 Å². The lowest BCUT2D eigenvalue weighted by Crippen LogP contribution is -2.41. The molecule has 2 aromatic rings. The first-order chi connectivity index (χ1) is 15.5. The number of nitrogens with zero attached hydrogens (tertiary/aromatic N) is 2. The van der Waals surface area contributed by atoms with E-state index in [4.69, 9.17) is 0 Å². The summed E-state index contributed by atoms with van der Waals surface area (Å²) in [5.41, 5.74) is 0.319. The molecule has 12 heteroatoms. The number of rotatable bonds is 6. The number of halogens is 1. The average Bonchev–Trinajstić information content (AvgIpc) is 2.75. The van der Waals surface area contributed by atoms with Gasteiger partial charge >= 0.3 is 0 Å². The van der Waals surface area contributed by atoms with Gasteiger partial charge in [0.05, 0.1) is 15.5 Å². The molecule has 0 aromatic heterocycles. The second kappa shape index (κ2) is 9.63. The van der Waals surface area contributed by atoms with E-state index in [-0.39, 0.29) is 48.1 Å². The Bertz CT molecular complexity index is 1210. The number of hydrogen-bond acceptors (Lipinski definition) is 6. The van der Waals surface area contributed by atoms with Crippen LogP contribution in [0.2, 0.25) is 0 Å². The minimum absolute atomic E-state index is 0.0615. The Morgan fingerprint density at radius 3 is 2.39 bits per heavy atom. The van der Waals surface area contributed by atoms with Crippen LogP contribution in [0.15, 0.2) is 41.3 Å². The summed E-state index contributed by atoms with van der Waals surface area (Å²) in [6.07, 6.45) is 0.498. The summed E-state index contributed by atoms with van der Waals surface area (Å²) in [6, 6.07) is 7.48. The predicted octanol–water partition coefficient (Wildman–Crippen LogP) is 3.04. The molecule has 0 aliphatic carbocycles. The first-order valence-electron chi connectivity index (χ1n) is 10.1. The standard InChI is InChI=1S/C21H23FN4O6S/c1-13-3-5-17(26(29)30)12-20(13)33(31,32)25-9-7-15(8-10-25)21(28)24-16-4-6-18(22)19(11-16)23-14(2)27/h3-6,11-12,15H,7-10H2,1-2H3,(H,23,27)(H,24,28). The van der Waals surface area contributed by atoms with Crippen LogP contribution in [0.3, 0.4) is 0 Å². The molecule has 0 bridgehead atoms. The Labute approximate surface area is 190 Å². The van der Waals surface area contributed by atoms with Crippen molar-refractivity contribution in [3.63, 3.8) is 0 Å². The van der Waals surface area contributed by atoms with E-state index in [2.05, 4.69) is 10.6 Å². The van der Waals surface area contributed by atoms with Crippen molar-refractivity contribution in [2.45, 2.75) is 31.6 Å². The zero-order valence-electron chi connectivity index (χ0n) is 18.0. The van der Waals surface area contributed by atoms with Gasteiger partial charge in [0, 0.05) is 43.8 Å². The number of carbonyl (C=O) groups is 2. The molecule has 0 atom stereocenters. The van der Waals surface area contributed by atoms with Gasteiger partial charge in [0.25, 0.3) is 5.69 Å². The van der Waals surface area contributed by atoms with Gasteiger partial charge in [-0.3, -0.25) is 19.7 Å². The Kier molecular flexibility index (Phi) is 7.08. The largest absolute Gasteiger partial charge is 0.326 e. The number of amides is 2. The molecule has 0 saturated carbocycles. The van der Waals surface area contributed by atoms with Crippen LogP contribution in [0, 0.1) is 28.8 Å². The van der Waals surface area contributed by atoms with Crippen LogP contribution in [0.4, 0.5) is 21.5 Å². The van der Waals surface area contributed by atoms with Crippen molar-refractivity contribution in [3.05, 3.63) is 57.9 Å². The molecule has 1 aliphatic heterocycles. The lowest BCUT2D eigenvalue weighted by Gasteiger charge is -2.31. The molecule has 1 fully saturated rings. The number of carbonyl (C=O) groups excluding carboxylic acids is 2. The first-order valence-corrected chi connectivity index (χ1v) is 11.6. The molecule has 2 N–H and O–H groups in total. The van der Waals surface area contributed by atoms with Crippen LogP contribution in [0.25, 0.3) is 0 Å². The molecule has 33 heavy (non-hydrogen) atoms. The number of sulfonamides is 1. The quantitative estimate of drug-likeness (QED) is 0.483. The molecule has 0 spiro atoms. The van der Waals surface area contributed by atoms with E-state index in [0.29, 0.717) is 11.3 Å². The third-order valence-corrected chi connectivity index (χ3v) is 7.41. The monoisotopic (exact) mass is 478 g/mol. The number of anilines is 2. The van der Waals surface area contributed by atoms with Crippen molar-refractivity contribution < 1.29 is 27.3 Å². The van der Waals surface area contributed by atoms with Crippen molar-refractivity contribution in [2.24, 2.45) is 5.92 Å². The molecule has 2 amide bonds. The fourth-order valence-corrected chi connectivity index (χ4v) is 5.32. The van der Waals surface area contributed by atoms with Crippen LogP contribution in [0.5, 0.6) is 0 Å². The second-order valence-electron chi connectivity index (χ2n) is 7.75. The molecular formula is C21H23FN4O6S. The minimum Gasteiger partial charge on any atom is -0.326 e. The summed E-state index contributed by atoms with van der Waals surface area (Å²) in [5, 5.41) is 16.0. The van der Waals surface area contributed by atoms with E-state index in [9.17, 15) is 32.5 Å². The summed E-state index contributed by atoms with van der Waals surface area (Å²) in [7, 11) is -3.96. The minimum atomic E-state index is -3.96. The van der Waals surface area contributed by atoms with Gasteiger partial charge in [-0.1, -0.05) is 6.07 Å². The van der Waals surface area contributed by atoms with Crippen molar-refractivity contribution >= 4 is 38.9 Å². The first kappa shape index (κ1) is 24.3. The lowest BCUT2D eigenvalue weighted by atomic mass is 9.97. The molecule has 3 rings (SSSR count). The molecule has 1 aliphatic rings. The summed E-state index contributed by atoms with van der Waals surface area (Å²) in [5.74, 6) is -1.92. The van der Waals surface area contributed by atoms with E-state index >= 15 is 0 Å². The Morgan fingerprint density at radius 1 is 1.12 bits per heavy atom. The SMILES string of the molecule is CC(=O)Nc1cc(NC(=O)C2CCN(S(=O)(=O)c3cc([N+](=O)[O-])ccc3C)CC2)ccc1F. The number of benzene rings is 2. The average molecular weight is 479 g/mol. The van der Waals surface area contributed by atoms with E-state index in [1.54, 1.807) is 6.92 Å². The van der Waals surface area contributed by atoms with E-state index in [1.165, 1.54) is 35.5 Å². The maximum absolute atomic E-state index is 13.8. The number of nitro benzene ring substituents is 1. The number of hydrogen-bond donors (Lipinski definition) is 2. The number of aryl methyl sites for hydroxylation is 1. The smallest absolute Gasteiger partial charge is 0.270 e. The molecule has 176 valence electrons. The Balaban J connectivity index is 1.67. The lowest BCUT2D eigenvalue weighted by molar-refractivity contribution is -0.385. The van der Waals surface area contributed by atoms with E-state index in [1.807, 2.05) is 0 Å². The third-order valence-electron chi connectivity index (χ3n) is 5.37. The predicted molar refractivity (Wildman–Crippen MR) is 119 cm³/mol. The normalized spacial score (nSPS) is 15.1. The Morgan fingerprint density at radius 2 is 1.79 bits per heavy atom. The third kappa shape index (κ3) is 5.52. The fraction of sp³-hybridized carbons (Fsp3) is 0.333. The van der Waals surface area contributed by atoms with Crippen LogP contribution in [-0.2, 0) is 19.6 Å². The van der Waals surface area contributed by atoms with Gasteiger partial charge in [-0.05, 0) is 43.5 Å². The van der Waals surface area contributed by atoms with Crippen molar-refractivity contribution in [2.75, 3.05) is 23.7 Å². The van der Waals surface area contributed by atoms with Gasteiger partial charge in [0.15, 0.2) is 0 Å². The van der Waals surface area contributed by atoms with E-state index < -0.39 is 32.6 Å². The highest BCUT2D eigenvalue weighted by atomic mass is 32.2. The van der Waals surface area contributed by atoms with Crippen LogP contribution in [0.1, 0.15) is 25.3 Å². The maximum atomic E-state index is 13.8. The van der Waals surface area contributed by atoms with Crippen molar-refractivity contribution in [1.82, 2.24) is 4.31 Å². The van der Waals surface area contributed by atoms with E-state index in [0.717, 1.165) is 12.1 Å². The Hall–Kier alpha value is -3.38. The van der Waals surface area contributed by atoms with Crippen LogP contribution < -0.4 is 10.6 Å². The zero-order valence-corrected chi connectivity index (χ0v) is 18.8. The van der Waals surface area contributed by atoms with Crippen LogP contribution in [-0.4, -0.2) is 42.6 Å². The van der Waals surface area contributed by atoms with Crippen molar-refractivity contribution in [3.8, 4) is 0 Å². The molecule has 0 radical (unpaired) electrons. The molecule has 2 aromatic carbocycles. The maximum Gasteiger partial charge on any atom is 0.270 e. The number of non-ortho nitro benzene ring substituents is 1. The highest BCUT2D eigenvalue weighted by Gasteiger charge is 2.33. The zero-order chi connectivity index (χ0) is 24.3. The van der Waals surface area contributed by atoms with Gasteiger partial charge in [-0.2, -0.15) is 4.31 Å². The van der Waals surface area contributed by atoms with Gasteiger partial charge in [0.2, 0.25) is 21.8 Å². The number of nitro groups is 1. The summed E-state index contributed by atoms with van der Waals surface area (Å²) in [4.78, 5) is 34.1. The molecule has 1 heterocycles. The van der Waals surface area contributed by atoms with Crippen molar-refractivity contribution in [1.29, 1.82) is 0 Å². The summed E-state index contributed by atoms with van der Waals surface area (Å²) < 4.78 is 41.1. The van der Waals surface area contributed by atoms with Gasteiger partial charge < -0.3 is 10.6 Å². The molecule has 10 nitrogen and oxygen atoms in total. The molecule has 0 unspecified atom stereocenters. The fourth-order valence-electron chi connectivity index (χ4n) is 3.61.